The SMILES string of the molecule is CC1CCCCC1NC(=O)CN1c2ccccc2CCC1C. The average molecular weight is 300 g/mol. The van der Waals surface area contributed by atoms with E-state index in [4.69, 9.17) is 0 Å². The minimum Gasteiger partial charge on any atom is -0.359 e. The average Bonchev–Trinajstić information content (AvgIpc) is 2.52. The van der Waals surface area contributed by atoms with Crippen LogP contribution in [0.25, 0.3) is 0 Å². The smallest absolute Gasteiger partial charge is 0.239 e. The molecule has 0 aromatic heterocycles. The number of aryl methyl sites for hydroxylation is 1. The van der Waals surface area contributed by atoms with Gasteiger partial charge >= 0.3 is 0 Å². The third-order valence-corrected chi connectivity index (χ3v) is 5.44. The van der Waals surface area contributed by atoms with Gasteiger partial charge in [0.15, 0.2) is 0 Å². The predicted molar refractivity (Wildman–Crippen MR) is 91.1 cm³/mol. The second-order valence-corrected chi connectivity index (χ2v) is 7.08. The summed E-state index contributed by atoms with van der Waals surface area (Å²) in [5.74, 6) is 0.797. The van der Waals surface area contributed by atoms with Crippen LogP contribution in [0.2, 0.25) is 0 Å². The van der Waals surface area contributed by atoms with E-state index in [1.807, 2.05) is 0 Å². The monoisotopic (exact) mass is 300 g/mol. The molecule has 1 heterocycles. The Morgan fingerprint density at radius 2 is 1.95 bits per heavy atom. The molecular formula is C19H28N2O. The van der Waals surface area contributed by atoms with Crippen molar-refractivity contribution in [1.29, 1.82) is 0 Å². The Kier molecular flexibility index (Phi) is 4.70. The maximum atomic E-state index is 12.5. The van der Waals surface area contributed by atoms with Gasteiger partial charge in [0.2, 0.25) is 5.91 Å². The van der Waals surface area contributed by atoms with Gasteiger partial charge in [-0.2, -0.15) is 0 Å². The van der Waals surface area contributed by atoms with E-state index in [0.717, 1.165) is 19.3 Å². The molecule has 2 aliphatic rings. The second-order valence-electron chi connectivity index (χ2n) is 7.08. The van der Waals surface area contributed by atoms with Crippen LogP contribution >= 0.6 is 0 Å². The maximum absolute atomic E-state index is 12.5. The van der Waals surface area contributed by atoms with Crippen molar-refractivity contribution in [2.75, 3.05) is 11.4 Å². The number of anilines is 1. The van der Waals surface area contributed by atoms with Crippen molar-refractivity contribution in [3.05, 3.63) is 29.8 Å². The molecule has 3 unspecified atom stereocenters. The van der Waals surface area contributed by atoms with Crippen LogP contribution < -0.4 is 10.2 Å². The van der Waals surface area contributed by atoms with E-state index >= 15 is 0 Å². The Morgan fingerprint density at radius 1 is 1.18 bits per heavy atom. The largest absolute Gasteiger partial charge is 0.359 e. The number of hydrogen-bond donors (Lipinski definition) is 1. The lowest BCUT2D eigenvalue weighted by atomic mass is 9.86. The molecule has 22 heavy (non-hydrogen) atoms. The van der Waals surface area contributed by atoms with E-state index in [1.165, 1.54) is 30.5 Å². The van der Waals surface area contributed by atoms with Gasteiger partial charge < -0.3 is 10.2 Å². The van der Waals surface area contributed by atoms with Crippen LogP contribution in [-0.2, 0) is 11.2 Å². The summed E-state index contributed by atoms with van der Waals surface area (Å²) in [6.07, 6.45) is 7.19. The number of carbonyl (C=O) groups is 1. The molecule has 1 aliphatic heterocycles. The lowest BCUT2D eigenvalue weighted by molar-refractivity contribution is -0.121. The van der Waals surface area contributed by atoms with Crippen LogP contribution in [0.3, 0.4) is 0 Å². The molecule has 1 aromatic rings. The highest BCUT2D eigenvalue weighted by atomic mass is 16.2. The fraction of sp³-hybridized carbons (Fsp3) is 0.632. The molecular weight excluding hydrogens is 272 g/mol. The van der Waals surface area contributed by atoms with Crippen molar-refractivity contribution < 1.29 is 4.79 Å². The van der Waals surface area contributed by atoms with Crippen LogP contribution in [0, 0.1) is 5.92 Å². The molecule has 3 rings (SSSR count). The fourth-order valence-electron chi connectivity index (χ4n) is 3.94. The minimum absolute atomic E-state index is 0.183. The van der Waals surface area contributed by atoms with E-state index < -0.39 is 0 Å². The third-order valence-electron chi connectivity index (χ3n) is 5.44. The summed E-state index contributed by atoms with van der Waals surface area (Å²) in [6.45, 7) is 4.98. The van der Waals surface area contributed by atoms with Crippen molar-refractivity contribution in [3.63, 3.8) is 0 Å². The summed E-state index contributed by atoms with van der Waals surface area (Å²) in [5.41, 5.74) is 2.62. The summed E-state index contributed by atoms with van der Waals surface area (Å²) in [4.78, 5) is 14.8. The number of carbonyl (C=O) groups excluding carboxylic acids is 1. The lowest BCUT2D eigenvalue weighted by Crippen LogP contribution is -2.48. The second kappa shape index (κ2) is 6.72. The van der Waals surface area contributed by atoms with Gasteiger partial charge in [-0.25, -0.2) is 0 Å². The highest BCUT2D eigenvalue weighted by Gasteiger charge is 2.27. The highest BCUT2D eigenvalue weighted by molar-refractivity contribution is 5.82. The van der Waals surface area contributed by atoms with E-state index in [0.29, 0.717) is 24.5 Å². The number of benzene rings is 1. The Bertz CT molecular complexity index is 528. The van der Waals surface area contributed by atoms with Crippen LogP contribution in [0.4, 0.5) is 5.69 Å². The maximum Gasteiger partial charge on any atom is 0.239 e. The van der Waals surface area contributed by atoms with Crippen molar-refractivity contribution in [2.24, 2.45) is 5.92 Å². The van der Waals surface area contributed by atoms with Crippen LogP contribution in [0.5, 0.6) is 0 Å². The number of nitrogens with zero attached hydrogens (tertiary/aromatic N) is 1. The van der Waals surface area contributed by atoms with Crippen molar-refractivity contribution in [2.45, 2.75) is 64.5 Å². The van der Waals surface area contributed by atoms with Gasteiger partial charge in [-0.1, -0.05) is 38.0 Å². The molecule has 1 amide bonds. The zero-order chi connectivity index (χ0) is 15.5. The Hall–Kier alpha value is -1.51. The zero-order valence-corrected chi connectivity index (χ0v) is 13.8. The topological polar surface area (TPSA) is 32.3 Å². The predicted octanol–water partition coefficient (Wildman–Crippen LogP) is 3.52. The Morgan fingerprint density at radius 3 is 2.77 bits per heavy atom. The minimum atomic E-state index is 0.183. The number of para-hydroxylation sites is 1. The molecule has 0 bridgehead atoms. The summed E-state index contributed by atoms with van der Waals surface area (Å²) in [6, 6.07) is 9.32. The first kappa shape index (κ1) is 15.4. The standard InChI is InChI=1S/C19H28N2O/c1-14-7-3-5-9-17(14)20-19(22)13-21-15(2)11-12-16-8-4-6-10-18(16)21/h4,6,8,10,14-15,17H,3,5,7,9,11-13H2,1-2H3,(H,20,22). The quantitative estimate of drug-likeness (QED) is 0.926. The van der Waals surface area contributed by atoms with Crippen LogP contribution in [-0.4, -0.2) is 24.5 Å². The van der Waals surface area contributed by atoms with Gasteiger partial charge in [-0.05, 0) is 50.2 Å². The first-order chi connectivity index (χ1) is 10.6. The van der Waals surface area contributed by atoms with E-state index in [1.54, 1.807) is 0 Å². The molecule has 1 aromatic carbocycles. The normalized spacial score (nSPS) is 28.1. The summed E-state index contributed by atoms with van der Waals surface area (Å²) >= 11 is 0. The molecule has 3 heteroatoms. The van der Waals surface area contributed by atoms with Crippen LogP contribution in [0.1, 0.15) is 51.5 Å². The lowest BCUT2D eigenvalue weighted by Gasteiger charge is -2.37. The molecule has 0 radical (unpaired) electrons. The van der Waals surface area contributed by atoms with E-state index in [2.05, 4.69) is 48.3 Å². The van der Waals surface area contributed by atoms with Gasteiger partial charge in [0, 0.05) is 17.8 Å². The fourth-order valence-corrected chi connectivity index (χ4v) is 3.94. The molecule has 1 aliphatic carbocycles. The summed E-state index contributed by atoms with van der Waals surface area (Å²) in [7, 11) is 0. The van der Waals surface area contributed by atoms with Crippen molar-refractivity contribution >= 4 is 11.6 Å². The van der Waals surface area contributed by atoms with Gasteiger partial charge in [0.05, 0.1) is 6.54 Å². The van der Waals surface area contributed by atoms with Gasteiger partial charge in [0.25, 0.3) is 0 Å². The molecule has 1 saturated carbocycles. The molecule has 120 valence electrons. The Balaban J connectivity index is 1.66. The first-order valence-corrected chi connectivity index (χ1v) is 8.79. The number of fused-ring (bicyclic) bond motifs is 1. The Labute approximate surface area is 134 Å². The summed E-state index contributed by atoms with van der Waals surface area (Å²) < 4.78 is 0. The number of nitrogens with one attached hydrogen (secondary N) is 1. The van der Waals surface area contributed by atoms with Gasteiger partial charge in [-0.15, -0.1) is 0 Å². The molecule has 3 atom stereocenters. The molecule has 0 spiro atoms. The van der Waals surface area contributed by atoms with Crippen molar-refractivity contribution in [3.8, 4) is 0 Å². The van der Waals surface area contributed by atoms with Gasteiger partial charge in [-0.3, -0.25) is 4.79 Å². The highest BCUT2D eigenvalue weighted by Crippen LogP contribution is 2.30. The number of amides is 1. The molecule has 3 nitrogen and oxygen atoms in total. The molecule has 1 N–H and O–H groups in total. The summed E-state index contributed by atoms with van der Waals surface area (Å²) in [5, 5.41) is 3.29. The van der Waals surface area contributed by atoms with Gasteiger partial charge in [0.1, 0.15) is 0 Å². The third kappa shape index (κ3) is 3.29. The molecule has 0 saturated heterocycles. The van der Waals surface area contributed by atoms with E-state index in [-0.39, 0.29) is 5.91 Å². The number of rotatable bonds is 3. The van der Waals surface area contributed by atoms with Crippen LogP contribution in [0.15, 0.2) is 24.3 Å². The first-order valence-electron chi connectivity index (χ1n) is 8.79. The van der Waals surface area contributed by atoms with E-state index in [9.17, 15) is 4.79 Å². The zero-order valence-electron chi connectivity index (χ0n) is 13.8. The molecule has 1 fully saturated rings. The van der Waals surface area contributed by atoms with Crippen molar-refractivity contribution in [1.82, 2.24) is 5.32 Å². The number of hydrogen-bond acceptors (Lipinski definition) is 2.